The van der Waals surface area contributed by atoms with Crippen LogP contribution in [0.15, 0.2) is 28.3 Å². The second-order valence-electron chi connectivity index (χ2n) is 8.24. The number of benzene rings is 1. The van der Waals surface area contributed by atoms with Crippen LogP contribution in [0, 0.1) is 0 Å². The quantitative estimate of drug-likeness (QED) is 0.450. The van der Waals surface area contributed by atoms with E-state index in [4.69, 9.17) is 4.74 Å². The lowest BCUT2D eigenvalue weighted by molar-refractivity contribution is -0.113. The summed E-state index contributed by atoms with van der Waals surface area (Å²) in [6, 6.07) is 5.18. The number of rotatable bonds is 12. The number of amides is 1. The molecule has 2 saturated carbocycles. The van der Waals surface area contributed by atoms with Gasteiger partial charge in [-0.2, -0.15) is 4.31 Å². The van der Waals surface area contributed by atoms with Crippen LogP contribution < -0.4 is 10.1 Å². The molecule has 0 saturated heterocycles. The maximum absolute atomic E-state index is 13.1. The summed E-state index contributed by atoms with van der Waals surface area (Å²) in [6.07, 6.45) is 4.58. The van der Waals surface area contributed by atoms with Gasteiger partial charge in [0.25, 0.3) is 0 Å². The van der Waals surface area contributed by atoms with Gasteiger partial charge in [-0.1, -0.05) is 25.6 Å². The van der Waals surface area contributed by atoms with Crippen molar-refractivity contribution in [3.8, 4) is 5.75 Å². The number of nitrogens with zero attached hydrogens (tertiary/aromatic N) is 4. The van der Waals surface area contributed by atoms with Gasteiger partial charge in [0.1, 0.15) is 16.5 Å². The number of aromatic nitrogens is 3. The lowest BCUT2D eigenvalue weighted by atomic mass is 10.3. The molecule has 4 rings (SSSR count). The van der Waals surface area contributed by atoms with Crippen molar-refractivity contribution >= 4 is 33.4 Å². The lowest BCUT2D eigenvalue weighted by Gasteiger charge is -2.21. The molecule has 1 amide bonds. The molecule has 1 N–H and O–H groups in total. The molecule has 33 heavy (non-hydrogen) atoms. The van der Waals surface area contributed by atoms with Crippen LogP contribution in [0.1, 0.15) is 64.2 Å². The molecule has 0 bridgehead atoms. The topological polar surface area (TPSA) is 106 Å². The molecule has 2 aliphatic rings. The first-order valence-corrected chi connectivity index (χ1v) is 14.0. The van der Waals surface area contributed by atoms with E-state index in [1.54, 1.807) is 32.9 Å². The molecule has 2 aromatic rings. The number of carbonyl (C=O) groups is 1. The molecule has 9 nitrogen and oxygen atoms in total. The fourth-order valence-electron chi connectivity index (χ4n) is 3.77. The van der Waals surface area contributed by atoms with E-state index in [9.17, 15) is 13.2 Å². The molecule has 180 valence electrons. The molecule has 1 heterocycles. The highest BCUT2D eigenvalue weighted by Crippen LogP contribution is 2.46. The van der Waals surface area contributed by atoms with Crippen LogP contribution in [0.3, 0.4) is 0 Å². The summed E-state index contributed by atoms with van der Waals surface area (Å²) >= 11 is 1.37. The minimum Gasteiger partial charge on any atom is -0.492 e. The lowest BCUT2D eigenvalue weighted by Crippen LogP contribution is -2.31. The highest BCUT2D eigenvalue weighted by atomic mass is 32.2. The Balaban J connectivity index is 1.47. The molecule has 1 aromatic carbocycles. The zero-order valence-corrected chi connectivity index (χ0v) is 20.9. The van der Waals surface area contributed by atoms with Gasteiger partial charge in [-0.05, 0) is 50.8 Å². The van der Waals surface area contributed by atoms with Crippen molar-refractivity contribution in [1.82, 2.24) is 19.1 Å². The Hall–Kier alpha value is -2.11. The molecular weight excluding hydrogens is 462 g/mol. The Morgan fingerprint density at radius 2 is 1.91 bits per heavy atom. The monoisotopic (exact) mass is 493 g/mol. The highest BCUT2D eigenvalue weighted by molar-refractivity contribution is 7.99. The van der Waals surface area contributed by atoms with Crippen molar-refractivity contribution in [2.24, 2.45) is 0 Å². The first-order valence-electron chi connectivity index (χ1n) is 11.5. The Bertz CT molecular complexity index is 1110. The van der Waals surface area contributed by atoms with E-state index in [2.05, 4.69) is 20.1 Å². The van der Waals surface area contributed by atoms with E-state index in [0.29, 0.717) is 37.3 Å². The number of thioether (sulfide) groups is 1. The molecule has 0 unspecified atom stereocenters. The first-order chi connectivity index (χ1) is 15.9. The van der Waals surface area contributed by atoms with Crippen LogP contribution >= 0.6 is 11.8 Å². The summed E-state index contributed by atoms with van der Waals surface area (Å²) < 4.78 is 35.4. The standard InChI is InChI=1S/C22H31N5O4S2/c1-4-26(5-2)33(29,30)19-13-16(9-12-18(19)31-6-3)23-20(28)14-32-22-25-24-21(15-7-8-15)27(22)17-10-11-17/h9,12-13,15,17H,4-8,10-11,14H2,1-3H3,(H,23,28). The largest absolute Gasteiger partial charge is 0.492 e. The Morgan fingerprint density at radius 1 is 1.18 bits per heavy atom. The van der Waals surface area contributed by atoms with Crippen molar-refractivity contribution in [3.63, 3.8) is 0 Å². The SMILES string of the molecule is CCOc1ccc(NC(=O)CSc2nnc(C3CC3)n2C2CC2)cc1S(=O)(=O)N(CC)CC. The number of hydrogen-bond donors (Lipinski definition) is 1. The fraction of sp³-hybridized carbons (Fsp3) is 0.591. The van der Waals surface area contributed by atoms with Crippen LogP contribution in [0.5, 0.6) is 5.75 Å². The van der Waals surface area contributed by atoms with Gasteiger partial charge in [-0.3, -0.25) is 4.79 Å². The van der Waals surface area contributed by atoms with Crippen molar-refractivity contribution < 1.29 is 17.9 Å². The zero-order valence-electron chi connectivity index (χ0n) is 19.3. The third-order valence-corrected chi connectivity index (χ3v) is 8.74. The molecule has 0 atom stereocenters. The number of nitrogens with one attached hydrogen (secondary N) is 1. The predicted octanol–water partition coefficient (Wildman–Crippen LogP) is 3.65. The van der Waals surface area contributed by atoms with Crippen LogP contribution in [-0.2, 0) is 14.8 Å². The van der Waals surface area contributed by atoms with E-state index in [-0.39, 0.29) is 22.3 Å². The molecule has 0 radical (unpaired) electrons. The molecular formula is C22H31N5O4S2. The summed E-state index contributed by atoms with van der Waals surface area (Å²) in [7, 11) is -3.75. The Kier molecular flexibility index (Phi) is 7.30. The Morgan fingerprint density at radius 3 is 2.52 bits per heavy atom. The van der Waals surface area contributed by atoms with Gasteiger partial charge in [-0.25, -0.2) is 8.42 Å². The summed E-state index contributed by atoms with van der Waals surface area (Å²) in [6.45, 7) is 6.42. The second kappa shape index (κ2) is 10.0. The highest BCUT2D eigenvalue weighted by Gasteiger charge is 2.36. The minimum atomic E-state index is -3.75. The van der Waals surface area contributed by atoms with E-state index >= 15 is 0 Å². The molecule has 11 heteroatoms. The van der Waals surface area contributed by atoms with Gasteiger partial charge in [0.05, 0.1) is 12.4 Å². The maximum Gasteiger partial charge on any atom is 0.246 e. The first kappa shape index (κ1) is 24.0. The van der Waals surface area contributed by atoms with Crippen LogP contribution in [0.2, 0.25) is 0 Å². The molecule has 1 aromatic heterocycles. The van der Waals surface area contributed by atoms with Gasteiger partial charge in [0.2, 0.25) is 15.9 Å². The van der Waals surface area contributed by atoms with Gasteiger partial charge in [0.15, 0.2) is 5.16 Å². The average Bonchev–Trinajstić information content (AvgIpc) is 3.73. The third kappa shape index (κ3) is 5.36. The molecule has 0 spiro atoms. The zero-order chi connectivity index (χ0) is 23.6. The third-order valence-electron chi connectivity index (χ3n) is 5.73. The molecule has 2 fully saturated rings. The number of anilines is 1. The molecule has 2 aliphatic carbocycles. The molecule has 0 aliphatic heterocycles. The predicted molar refractivity (Wildman–Crippen MR) is 127 cm³/mol. The fourth-order valence-corrected chi connectivity index (χ4v) is 6.20. The summed E-state index contributed by atoms with van der Waals surface area (Å²) in [4.78, 5) is 12.7. The second-order valence-corrected chi connectivity index (χ2v) is 11.1. The van der Waals surface area contributed by atoms with E-state index in [1.807, 2.05) is 0 Å². The number of carbonyl (C=O) groups excluding carboxylic acids is 1. The normalized spacial score (nSPS) is 16.2. The Labute approximate surface area is 199 Å². The van der Waals surface area contributed by atoms with E-state index < -0.39 is 10.0 Å². The van der Waals surface area contributed by atoms with E-state index in [1.165, 1.54) is 22.1 Å². The number of ether oxygens (including phenoxy) is 1. The smallest absolute Gasteiger partial charge is 0.246 e. The van der Waals surface area contributed by atoms with Crippen LogP contribution in [0.4, 0.5) is 5.69 Å². The van der Waals surface area contributed by atoms with Gasteiger partial charge in [0, 0.05) is 30.7 Å². The summed E-state index contributed by atoms with van der Waals surface area (Å²) in [5.41, 5.74) is 0.414. The van der Waals surface area contributed by atoms with Crippen LogP contribution in [0.25, 0.3) is 0 Å². The number of hydrogen-bond acceptors (Lipinski definition) is 7. The van der Waals surface area contributed by atoms with Crippen molar-refractivity contribution in [2.75, 3.05) is 30.8 Å². The summed E-state index contributed by atoms with van der Waals surface area (Å²) in [5, 5.41) is 12.3. The van der Waals surface area contributed by atoms with Gasteiger partial charge < -0.3 is 14.6 Å². The number of sulfonamides is 1. The van der Waals surface area contributed by atoms with Crippen LogP contribution in [-0.4, -0.2) is 58.8 Å². The van der Waals surface area contributed by atoms with Crippen molar-refractivity contribution in [1.29, 1.82) is 0 Å². The summed E-state index contributed by atoms with van der Waals surface area (Å²) in [5.74, 6) is 1.78. The van der Waals surface area contributed by atoms with Gasteiger partial charge in [-0.15, -0.1) is 10.2 Å². The van der Waals surface area contributed by atoms with E-state index in [0.717, 1.165) is 36.7 Å². The van der Waals surface area contributed by atoms with Crippen molar-refractivity contribution in [3.05, 3.63) is 24.0 Å². The minimum absolute atomic E-state index is 0.0565. The van der Waals surface area contributed by atoms with Gasteiger partial charge >= 0.3 is 0 Å². The average molecular weight is 494 g/mol. The van der Waals surface area contributed by atoms with Crippen molar-refractivity contribution in [2.45, 2.75) is 68.5 Å². The maximum atomic E-state index is 13.1.